The van der Waals surface area contributed by atoms with Crippen LogP contribution in [0.2, 0.25) is 0 Å². The minimum Gasteiger partial charge on any atom is -0.396 e. The Kier molecular flexibility index (Phi) is 3.54. The third-order valence-corrected chi connectivity index (χ3v) is 1.07. The van der Waals surface area contributed by atoms with E-state index in [-0.39, 0.29) is 12.0 Å². The van der Waals surface area contributed by atoms with Crippen molar-refractivity contribution in [1.29, 1.82) is 0 Å². The van der Waals surface area contributed by atoms with Crippen molar-refractivity contribution >= 4 is 9.47 Å². The highest BCUT2D eigenvalue weighted by Gasteiger charge is 2.14. The van der Waals surface area contributed by atoms with Crippen molar-refractivity contribution in [2.45, 2.75) is 13.8 Å². The minimum absolute atomic E-state index is 0.0955. The van der Waals surface area contributed by atoms with Gasteiger partial charge in [0.05, 0.1) is 13.2 Å². The standard InChI is InChI=1S/C5H13O2P/c1-5(2,3-6)4-7-8/h6H,3-4,8H2,1-2H3. The van der Waals surface area contributed by atoms with Crippen LogP contribution in [0.25, 0.3) is 0 Å². The molecule has 0 aromatic rings. The SMILES string of the molecule is CC(C)(CO)COP. The Bertz CT molecular complexity index is 63.4. The van der Waals surface area contributed by atoms with Crippen LogP contribution >= 0.6 is 9.47 Å². The van der Waals surface area contributed by atoms with Gasteiger partial charge in [-0.2, -0.15) is 0 Å². The molecule has 1 unspecified atom stereocenters. The second kappa shape index (κ2) is 3.39. The first-order valence-corrected chi connectivity index (χ1v) is 3.02. The average Bonchev–Trinajstić information content (AvgIpc) is 1.67. The lowest BCUT2D eigenvalue weighted by molar-refractivity contribution is 0.108. The molecule has 1 atom stereocenters. The van der Waals surface area contributed by atoms with E-state index >= 15 is 0 Å². The lowest BCUT2D eigenvalue weighted by Gasteiger charge is -2.18. The number of rotatable bonds is 3. The Morgan fingerprint density at radius 3 is 2.25 bits per heavy atom. The molecule has 2 nitrogen and oxygen atoms in total. The van der Waals surface area contributed by atoms with E-state index in [1.54, 1.807) is 0 Å². The zero-order valence-corrected chi connectivity index (χ0v) is 6.50. The first-order chi connectivity index (χ1) is 3.62. The fourth-order valence-corrected chi connectivity index (χ4v) is 0.722. The van der Waals surface area contributed by atoms with Crippen LogP contribution in [0.5, 0.6) is 0 Å². The summed E-state index contributed by atoms with van der Waals surface area (Å²) in [6.07, 6.45) is 0. The molecule has 0 aliphatic carbocycles. The topological polar surface area (TPSA) is 29.5 Å². The van der Waals surface area contributed by atoms with Crippen molar-refractivity contribution in [3.63, 3.8) is 0 Å². The van der Waals surface area contributed by atoms with Gasteiger partial charge < -0.3 is 9.63 Å². The van der Waals surface area contributed by atoms with Crippen LogP contribution in [0.1, 0.15) is 13.8 Å². The minimum atomic E-state index is -0.0955. The molecule has 0 fully saturated rings. The van der Waals surface area contributed by atoms with Crippen molar-refractivity contribution in [3.05, 3.63) is 0 Å². The maximum absolute atomic E-state index is 8.64. The molecule has 0 amide bonds. The molecule has 0 heterocycles. The highest BCUT2D eigenvalue weighted by atomic mass is 31.0. The Labute approximate surface area is 52.5 Å². The van der Waals surface area contributed by atoms with E-state index in [9.17, 15) is 0 Å². The number of aliphatic hydroxyl groups is 1. The summed E-state index contributed by atoms with van der Waals surface area (Å²) in [7, 11) is 2.16. The molecule has 0 saturated carbocycles. The zero-order chi connectivity index (χ0) is 6.62. The summed E-state index contributed by atoms with van der Waals surface area (Å²) in [5.41, 5.74) is -0.0955. The molecule has 0 rings (SSSR count). The van der Waals surface area contributed by atoms with Crippen LogP contribution in [0.15, 0.2) is 0 Å². The van der Waals surface area contributed by atoms with Gasteiger partial charge in [-0.05, 0) is 0 Å². The van der Waals surface area contributed by atoms with Crippen molar-refractivity contribution in [2.24, 2.45) is 5.41 Å². The van der Waals surface area contributed by atoms with Gasteiger partial charge in [-0.3, -0.25) is 0 Å². The Morgan fingerprint density at radius 2 is 2.12 bits per heavy atom. The van der Waals surface area contributed by atoms with Gasteiger partial charge in [-0.1, -0.05) is 13.8 Å². The van der Waals surface area contributed by atoms with Crippen LogP contribution in [0.3, 0.4) is 0 Å². The van der Waals surface area contributed by atoms with E-state index < -0.39 is 0 Å². The average molecular weight is 136 g/mol. The maximum Gasteiger partial charge on any atom is 0.0574 e. The van der Waals surface area contributed by atoms with Crippen molar-refractivity contribution in [3.8, 4) is 0 Å². The second-order valence-corrected chi connectivity index (χ2v) is 2.97. The molecule has 0 radical (unpaired) electrons. The number of aliphatic hydroxyl groups excluding tert-OH is 1. The van der Waals surface area contributed by atoms with Crippen molar-refractivity contribution in [1.82, 2.24) is 0 Å². The summed E-state index contributed by atoms with van der Waals surface area (Å²) in [5, 5.41) is 8.64. The predicted molar refractivity (Wildman–Crippen MR) is 36.5 cm³/mol. The number of hydrogen-bond acceptors (Lipinski definition) is 2. The molecular formula is C5H13O2P. The smallest absolute Gasteiger partial charge is 0.0574 e. The van der Waals surface area contributed by atoms with Gasteiger partial charge in [0.25, 0.3) is 0 Å². The fraction of sp³-hybridized carbons (Fsp3) is 1.00. The van der Waals surface area contributed by atoms with Gasteiger partial charge in [0.2, 0.25) is 0 Å². The third-order valence-electron chi connectivity index (χ3n) is 0.902. The van der Waals surface area contributed by atoms with Gasteiger partial charge in [-0.25, -0.2) is 0 Å². The molecule has 3 heteroatoms. The van der Waals surface area contributed by atoms with Gasteiger partial charge in [0.1, 0.15) is 0 Å². The van der Waals surface area contributed by atoms with E-state index in [0.29, 0.717) is 6.61 Å². The molecule has 0 aliphatic rings. The Balaban J connectivity index is 3.37. The largest absolute Gasteiger partial charge is 0.396 e. The lowest BCUT2D eigenvalue weighted by atomic mass is 9.97. The molecule has 1 N–H and O–H groups in total. The summed E-state index contributed by atoms with van der Waals surface area (Å²) in [6, 6.07) is 0. The summed E-state index contributed by atoms with van der Waals surface area (Å²) < 4.78 is 4.75. The monoisotopic (exact) mass is 136 g/mol. The van der Waals surface area contributed by atoms with Crippen LogP contribution in [0, 0.1) is 5.41 Å². The Morgan fingerprint density at radius 1 is 1.62 bits per heavy atom. The highest BCUT2D eigenvalue weighted by Crippen LogP contribution is 2.14. The summed E-state index contributed by atoms with van der Waals surface area (Å²) >= 11 is 0. The van der Waals surface area contributed by atoms with E-state index in [0.717, 1.165) is 0 Å². The predicted octanol–water partition coefficient (Wildman–Crippen LogP) is 0.812. The quantitative estimate of drug-likeness (QED) is 0.582. The summed E-state index contributed by atoms with van der Waals surface area (Å²) in [4.78, 5) is 0. The Hall–Kier alpha value is 0.350. The molecule has 0 aromatic heterocycles. The van der Waals surface area contributed by atoms with Crippen molar-refractivity contribution < 1.29 is 9.63 Å². The number of hydrogen-bond donors (Lipinski definition) is 1. The molecule has 0 aliphatic heterocycles. The van der Waals surface area contributed by atoms with Gasteiger partial charge >= 0.3 is 0 Å². The van der Waals surface area contributed by atoms with E-state index in [1.807, 2.05) is 13.8 Å². The zero-order valence-electron chi connectivity index (χ0n) is 5.35. The molecule has 0 bridgehead atoms. The molecular weight excluding hydrogens is 123 g/mol. The van der Waals surface area contributed by atoms with Crippen molar-refractivity contribution in [2.75, 3.05) is 13.2 Å². The lowest BCUT2D eigenvalue weighted by Crippen LogP contribution is -2.21. The van der Waals surface area contributed by atoms with Crippen LogP contribution < -0.4 is 0 Å². The van der Waals surface area contributed by atoms with E-state index in [1.165, 1.54) is 0 Å². The highest BCUT2D eigenvalue weighted by molar-refractivity contribution is 7.09. The second-order valence-electron chi connectivity index (χ2n) is 2.63. The van der Waals surface area contributed by atoms with Crippen LogP contribution in [-0.2, 0) is 4.52 Å². The maximum atomic E-state index is 8.64. The van der Waals surface area contributed by atoms with Crippen LogP contribution in [-0.4, -0.2) is 18.3 Å². The first kappa shape index (κ1) is 8.35. The fourth-order valence-electron chi connectivity index (χ4n) is 0.271. The third kappa shape index (κ3) is 3.36. The van der Waals surface area contributed by atoms with Gasteiger partial charge in [-0.15, -0.1) is 0 Å². The van der Waals surface area contributed by atoms with Gasteiger partial charge in [0, 0.05) is 14.9 Å². The summed E-state index contributed by atoms with van der Waals surface area (Å²) in [5.74, 6) is 0. The normalized spacial score (nSPS) is 12.0. The molecule has 0 saturated heterocycles. The molecule has 0 spiro atoms. The van der Waals surface area contributed by atoms with Gasteiger partial charge in [0.15, 0.2) is 0 Å². The first-order valence-electron chi connectivity index (χ1n) is 2.55. The van der Waals surface area contributed by atoms with E-state index in [2.05, 4.69) is 9.47 Å². The molecule has 8 heavy (non-hydrogen) atoms. The van der Waals surface area contributed by atoms with E-state index in [4.69, 9.17) is 9.63 Å². The van der Waals surface area contributed by atoms with Crippen LogP contribution in [0.4, 0.5) is 0 Å². The summed E-state index contributed by atoms with van der Waals surface area (Å²) in [6.45, 7) is 4.63. The molecule has 0 aromatic carbocycles. The molecule has 50 valence electrons.